The maximum Gasteiger partial charge on any atom is 0.220 e. The molecule has 2 fully saturated rings. The third-order valence-corrected chi connectivity index (χ3v) is 2.93. The van der Waals surface area contributed by atoms with Crippen molar-refractivity contribution in [2.45, 2.75) is 37.8 Å². The third-order valence-electron chi connectivity index (χ3n) is 2.93. The monoisotopic (exact) mass is 198 g/mol. The molecule has 0 aromatic rings. The fraction of sp³-hybridized carbons (Fsp3) is 0.900. The molecule has 1 aliphatic heterocycles. The largest absolute Gasteiger partial charge is 0.379 e. The maximum absolute atomic E-state index is 11.5. The summed E-state index contributed by atoms with van der Waals surface area (Å²) in [5.41, 5.74) is 5.88. The van der Waals surface area contributed by atoms with Crippen molar-refractivity contribution in [2.24, 2.45) is 11.7 Å². The number of carbonyl (C=O) groups is 1. The minimum atomic E-state index is 0.0231. The molecule has 1 aliphatic carbocycles. The first kappa shape index (κ1) is 9.93. The Morgan fingerprint density at radius 3 is 2.86 bits per heavy atom. The van der Waals surface area contributed by atoms with Crippen molar-refractivity contribution in [3.63, 3.8) is 0 Å². The number of hydrogen-bond donors (Lipinski definition) is 2. The van der Waals surface area contributed by atoms with Crippen LogP contribution in [0.15, 0.2) is 0 Å². The van der Waals surface area contributed by atoms with Gasteiger partial charge in [-0.2, -0.15) is 0 Å². The van der Waals surface area contributed by atoms with Crippen molar-refractivity contribution in [2.75, 3.05) is 13.2 Å². The molecule has 1 amide bonds. The van der Waals surface area contributed by atoms with Gasteiger partial charge in [0.15, 0.2) is 0 Å². The zero-order valence-corrected chi connectivity index (χ0v) is 8.37. The van der Waals surface area contributed by atoms with Gasteiger partial charge < -0.3 is 15.8 Å². The quantitative estimate of drug-likeness (QED) is 0.672. The lowest BCUT2D eigenvalue weighted by Gasteiger charge is -2.29. The van der Waals surface area contributed by atoms with Gasteiger partial charge in [0, 0.05) is 19.1 Å². The first-order valence-electron chi connectivity index (χ1n) is 5.38. The van der Waals surface area contributed by atoms with E-state index in [9.17, 15) is 4.79 Å². The Morgan fingerprint density at radius 2 is 2.21 bits per heavy atom. The average molecular weight is 198 g/mol. The second-order valence-electron chi connectivity index (χ2n) is 4.35. The zero-order chi connectivity index (χ0) is 9.97. The van der Waals surface area contributed by atoms with Crippen LogP contribution in [0.3, 0.4) is 0 Å². The molecule has 3 N–H and O–H groups in total. The van der Waals surface area contributed by atoms with Crippen LogP contribution in [0.1, 0.15) is 25.7 Å². The molecule has 1 saturated heterocycles. The van der Waals surface area contributed by atoms with Crippen molar-refractivity contribution >= 4 is 5.91 Å². The molecular formula is C10H18N2O2. The van der Waals surface area contributed by atoms with E-state index < -0.39 is 0 Å². The summed E-state index contributed by atoms with van der Waals surface area (Å²) in [7, 11) is 0. The summed E-state index contributed by atoms with van der Waals surface area (Å²) in [5.74, 6) is 0.772. The third kappa shape index (κ3) is 2.69. The van der Waals surface area contributed by atoms with Gasteiger partial charge in [0.2, 0.25) is 5.91 Å². The first-order valence-corrected chi connectivity index (χ1v) is 5.38. The van der Waals surface area contributed by atoms with Crippen LogP contribution in [0, 0.1) is 5.92 Å². The highest BCUT2D eigenvalue weighted by molar-refractivity contribution is 5.76. The van der Waals surface area contributed by atoms with Gasteiger partial charge in [0.05, 0.1) is 12.6 Å². The van der Waals surface area contributed by atoms with E-state index in [-0.39, 0.29) is 18.0 Å². The summed E-state index contributed by atoms with van der Waals surface area (Å²) in [6.45, 7) is 1.29. The van der Waals surface area contributed by atoms with E-state index in [1.807, 2.05) is 0 Å². The van der Waals surface area contributed by atoms with Gasteiger partial charge in [0.25, 0.3) is 0 Å². The lowest BCUT2D eigenvalue weighted by molar-refractivity contribution is -0.123. The lowest BCUT2D eigenvalue weighted by Crippen LogP contribution is -2.53. The highest BCUT2D eigenvalue weighted by Gasteiger charge is 2.28. The first-order chi connectivity index (χ1) is 6.75. The van der Waals surface area contributed by atoms with E-state index in [0.29, 0.717) is 18.9 Å². The number of nitrogens with two attached hydrogens (primary N) is 1. The van der Waals surface area contributed by atoms with Crippen LogP contribution in [-0.2, 0) is 9.53 Å². The number of carbonyl (C=O) groups excluding carboxylic acids is 1. The van der Waals surface area contributed by atoms with E-state index in [4.69, 9.17) is 10.5 Å². The van der Waals surface area contributed by atoms with Gasteiger partial charge in [0.1, 0.15) is 0 Å². The second-order valence-corrected chi connectivity index (χ2v) is 4.35. The van der Waals surface area contributed by atoms with Gasteiger partial charge in [-0.15, -0.1) is 0 Å². The molecule has 4 heteroatoms. The number of rotatable bonds is 3. The minimum absolute atomic E-state index is 0.0231. The highest BCUT2D eigenvalue weighted by Crippen LogP contribution is 2.32. The van der Waals surface area contributed by atoms with Crippen molar-refractivity contribution in [3.05, 3.63) is 0 Å². The van der Waals surface area contributed by atoms with Crippen LogP contribution >= 0.6 is 0 Å². The Morgan fingerprint density at radius 1 is 1.43 bits per heavy atom. The van der Waals surface area contributed by atoms with Crippen molar-refractivity contribution in [1.82, 2.24) is 5.32 Å². The van der Waals surface area contributed by atoms with Crippen LogP contribution in [0.25, 0.3) is 0 Å². The van der Waals surface area contributed by atoms with E-state index in [1.54, 1.807) is 0 Å². The number of nitrogens with one attached hydrogen (secondary N) is 1. The summed E-state index contributed by atoms with van der Waals surface area (Å²) in [4.78, 5) is 11.5. The van der Waals surface area contributed by atoms with Gasteiger partial charge in [-0.3, -0.25) is 4.79 Å². The molecule has 4 nitrogen and oxygen atoms in total. The molecule has 2 rings (SSSR count). The Kier molecular flexibility index (Phi) is 3.03. The SMILES string of the molecule is NC1CCOCC1NC(=O)CC1CC1. The van der Waals surface area contributed by atoms with Crippen LogP contribution in [0.5, 0.6) is 0 Å². The van der Waals surface area contributed by atoms with E-state index in [1.165, 1.54) is 12.8 Å². The molecule has 1 saturated carbocycles. The fourth-order valence-electron chi connectivity index (χ4n) is 1.75. The molecule has 0 radical (unpaired) electrons. The van der Waals surface area contributed by atoms with E-state index >= 15 is 0 Å². The number of hydrogen-bond acceptors (Lipinski definition) is 3. The van der Waals surface area contributed by atoms with Crippen LogP contribution < -0.4 is 11.1 Å². The number of amides is 1. The summed E-state index contributed by atoms with van der Waals surface area (Å²) in [6, 6.07) is 0.0851. The van der Waals surface area contributed by atoms with Crippen LogP contribution in [0.4, 0.5) is 0 Å². The topological polar surface area (TPSA) is 64.3 Å². The Hall–Kier alpha value is -0.610. The summed E-state index contributed by atoms with van der Waals surface area (Å²) < 4.78 is 5.28. The zero-order valence-electron chi connectivity index (χ0n) is 8.37. The normalized spacial score (nSPS) is 32.6. The minimum Gasteiger partial charge on any atom is -0.379 e. The van der Waals surface area contributed by atoms with E-state index in [0.717, 1.165) is 13.0 Å². The molecule has 2 atom stereocenters. The smallest absolute Gasteiger partial charge is 0.220 e. The molecule has 80 valence electrons. The molecule has 0 spiro atoms. The Bertz CT molecular complexity index is 216. The lowest BCUT2D eigenvalue weighted by atomic mass is 10.0. The predicted octanol–water partition coefficient (Wildman–Crippen LogP) is 0.0189. The molecule has 2 unspecified atom stereocenters. The second kappa shape index (κ2) is 4.28. The summed E-state index contributed by atoms with van der Waals surface area (Å²) >= 11 is 0. The molecule has 0 bridgehead atoms. The predicted molar refractivity (Wildman–Crippen MR) is 52.7 cm³/mol. The van der Waals surface area contributed by atoms with Crippen molar-refractivity contribution in [3.8, 4) is 0 Å². The Balaban J connectivity index is 1.73. The molecule has 0 aromatic carbocycles. The average Bonchev–Trinajstić information content (AvgIpc) is 2.93. The fourth-order valence-corrected chi connectivity index (χ4v) is 1.75. The summed E-state index contributed by atoms with van der Waals surface area (Å²) in [5, 5.41) is 2.95. The summed E-state index contributed by atoms with van der Waals surface area (Å²) in [6.07, 6.45) is 3.93. The molecule has 2 aliphatic rings. The standard InChI is InChI=1S/C10H18N2O2/c11-8-3-4-14-6-9(8)12-10(13)5-7-1-2-7/h7-9H,1-6,11H2,(H,12,13). The number of ether oxygens (including phenoxy) is 1. The van der Waals surface area contributed by atoms with Crippen LogP contribution in [-0.4, -0.2) is 31.2 Å². The molecule has 14 heavy (non-hydrogen) atoms. The van der Waals surface area contributed by atoms with E-state index in [2.05, 4.69) is 5.32 Å². The molecular weight excluding hydrogens is 180 g/mol. The van der Waals surface area contributed by atoms with Crippen molar-refractivity contribution < 1.29 is 9.53 Å². The molecule has 1 heterocycles. The van der Waals surface area contributed by atoms with Gasteiger partial charge in [-0.05, 0) is 25.2 Å². The van der Waals surface area contributed by atoms with Gasteiger partial charge in [-0.1, -0.05) is 0 Å². The van der Waals surface area contributed by atoms with Gasteiger partial charge >= 0.3 is 0 Å². The van der Waals surface area contributed by atoms with Gasteiger partial charge in [-0.25, -0.2) is 0 Å². The Labute approximate surface area is 84.2 Å². The van der Waals surface area contributed by atoms with Crippen LogP contribution in [0.2, 0.25) is 0 Å². The maximum atomic E-state index is 11.5. The highest BCUT2D eigenvalue weighted by atomic mass is 16.5. The van der Waals surface area contributed by atoms with Crippen molar-refractivity contribution in [1.29, 1.82) is 0 Å². The molecule has 0 aromatic heterocycles.